The predicted octanol–water partition coefficient (Wildman–Crippen LogP) is 3.13. The summed E-state index contributed by atoms with van der Waals surface area (Å²) in [5, 5.41) is 11.9. The van der Waals surface area contributed by atoms with Gasteiger partial charge in [-0.1, -0.05) is 23.9 Å². The summed E-state index contributed by atoms with van der Waals surface area (Å²) in [6.07, 6.45) is 4.23. The van der Waals surface area contributed by atoms with Crippen LogP contribution in [0, 0.1) is 0 Å². The van der Waals surface area contributed by atoms with Crippen molar-refractivity contribution in [2.24, 2.45) is 0 Å². The van der Waals surface area contributed by atoms with Gasteiger partial charge in [-0.05, 0) is 36.2 Å². The van der Waals surface area contributed by atoms with E-state index < -0.39 is 0 Å². The number of furan rings is 1. The topological polar surface area (TPSA) is 82.2 Å². The molecule has 2 aromatic heterocycles. The van der Waals surface area contributed by atoms with Crippen LogP contribution in [0.5, 0.6) is 0 Å². The van der Waals surface area contributed by atoms with Gasteiger partial charge in [0.25, 0.3) is 5.91 Å². The van der Waals surface area contributed by atoms with E-state index in [4.69, 9.17) is 9.15 Å². The van der Waals surface area contributed by atoms with Gasteiger partial charge in [0.2, 0.25) is 0 Å². The van der Waals surface area contributed by atoms with Crippen molar-refractivity contribution in [3.63, 3.8) is 0 Å². The van der Waals surface area contributed by atoms with Crippen molar-refractivity contribution in [2.45, 2.75) is 30.4 Å². The first-order chi connectivity index (χ1) is 13.3. The minimum Gasteiger partial charge on any atom is -0.467 e. The van der Waals surface area contributed by atoms with Gasteiger partial charge < -0.3 is 19.0 Å². The van der Waals surface area contributed by atoms with Crippen LogP contribution in [-0.4, -0.2) is 34.4 Å². The summed E-state index contributed by atoms with van der Waals surface area (Å²) in [6, 6.07) is 11.2. The number of carbonyl (C=O) groups excluding carboxylic acids is 1. The van der Waals surface area contributed by atoms with Crippen LogP contribution in [0.4, 0.5) is 0 Å². The highest BCUT2D eigenvalue weighted by molar-refractivity contribution is 7.98. The van der Waals surface area contributed by atoms with Gasteiger partial charge in [0.15, 0.2) is 5.16 Å². The number of hydrogen-bond acceptors (Lipinski definition) is 6. The minimum absolute atomic E-state index is 0.124. The summed E-state index contributed by atoms with van der Waals surface area (Å²) in [4.78, 5) is 12.3. The van der Waals surface area contributed by atoms with Crippen molar-refractivity contribution in [1.29, 1.82) is 0 Å². The fourth-order valence-electron chi connectivity index (χ4n) is 2.52. The van der Waals surface area contributed by atoms with E-state index in [9.17, 15) is 4.79 Å². The second kappa shape index (κ2) is 9.94. The molecule has 8 heteroatoms. The summed E-state index contributed by atoms with van der Waals surface area (Å²) in [6.45, 7) is 1.89. The van der Waals surface area contributed by atoms with Crippen LogP contribution in [0.25, 0.3) is 0 Å². The number of benzene rings is 1. The zero-order valence-corrected chi connectivity index (χ0v) is 15.9. The van der Waals surface area contributed by atoms with Crippen molar-refractivity contribution in [3.8, 4) is 0 Å². The van der Waals surface area contributed by atoms with E-state index in [1.54, 1.807) is 43.6 Å². The number of nitrogens with one attached hydrogen (secondary N) is 1. The van der Waals surface area contributed by atoms with Crippen molar-refractivity contribution in [2.75, 3.05) is 13.7 Å². The Hall–Kier alpha value is -2.58. The minimum atomic E-state index is -0.124. The van der Waals surface area contributed by atoms with Crippen LogP contribution in [0.15, 0.2) is 58.6 Å². The molecule has 0 saturated heterocycles. The molecule has 0 spiro atoms. The fourth-order valence-corrected chi connectivity index (χ4v) is 3.41. The number of amides is 1. The van der Waals surface area contributed by atoms with Gasteiger partial charge in [-0.25, -0.2) is 0 Å². The summed E-state index contributed by atoms with van der Waals surface area (Å²) < 4.78 is 12.3. The predicted molar refractivity (Wildman–Crippen MR) is 102 cm³/mol. The Morgan fingerprint density at radius 2 is 2.26 bits per heavy atom. The third kappa shape index (κ3) is 5.70. The molecule has 0 radical (unpaired) electrons. The molecule has 0 aliphatic heterocycles. The Morgan fingerprint density at radius 3 is 3.07 bits per heavy atom. The number of methoxy groups -OCH3 is 1. The number of thioether (sulfide) groups is 1. The number of aromatic nitrogens is 3. The molecule has 0 aliphatic rings. The van der Waals surface area contributed by atoms with Gasteiger partial charge in [0.05, 0.1) is 12.8 Å². The summed E-state index contributed by atoms with van der Waals surface area (Å²) in [5.74, 6) is 1.31. The average Bonchev–Trinajstić information content (AvgIpc) is 3.37. The van der Waals surface area contributed by atoms with Crippen molar-refractivity contribution >= 4 is 17.7 Å². The lowest BCUT2D eigenvalue weighted by Gasteiger charge is -2.07. The molecule has 0 unspecified atom stereocenters. The molecule has 1 aromatic carbocycles. The highest BCUT2D eigenvalue weighted by atomic mass is 32.2. The zero-order valence-electron chi connectivity index (χ0n) is 15.1. The van der Waals surface area contributed by atoms with Crippen LogP contribution >= 0.6 is 11.8 Å². The van der Waals surface area contributed by atoms with E-state index in [0.717, 1.165) is 29.4 Å². The third-order valence-electron chi connectivity index (χ3n) is 3.89. The molecule has 2 heterocycles. The SMILES string of the molecule is COCCCn1cnnc1SCc1cccc(C(=O)NCc2ccco2)c1. The van der Waals surface area contributed by atoms with Crippen LogP contribution in [-0.2, 0) is 23.6 Å². The van der Waals surface area contributed by atoms with Crippen LogP contribution in [0.3, 0.4) is 0 Å². The molecule has 3 aromatic rings. The normalized spacial score (nSPS) is 10.9. The Kier molecular flexibility index (Phi) is 7.06. The molecular formula is C19H22N4O3S. The lowest BCUT2D eigenvalue weighted by Crippen LogP contribution is -2.22. The van der Waals surface area contributed by atoms with Crippen molar-refractivity contribution < 1.29 is 13.9 Å². The van der Waals surface area contributed by atoms with Crippen molar-refractivity contribution in [1.82, 2.24) is 20.1 Å². The Labute approximate surface area is 162 Å². The molecule has 0 aliphatic carbocycles. The van der Waals surface area contributed by atoms with E-state index in [0.29, 0.717) is 24.5 Å². The standard InChI is InChI=1S/C19H22N4O3S/c1-25-9-4-8-23-14-21-22-19(23)27-13-15-5-2-6-16(11-15)18(24)20-12-17-7-3-10-26-17/h2-3,5-7,10-11,14H,4,8-9,12-13H2,1H3,(H,20,24). The molecule has 1 N–H and O–H groups in total. The van der Waals surface area contributed by atoms with Gasteiger partial charge in [-0.3, -0.25) is 4.79 Å². The molecule has 0 bridgehead atoms. The van der Waals surface area contributed by atoms with Crippen LogP contribution in [0.1, 0.15) is 28.1 Å². The number of carbonyl (C=O) groups is 1. The third-order valence-corrected chi connectivity index (χ3v) is 4.94. The summed E-state index contributed by atoms with van der Waals surface area (Å²) in [5.41, 5.74) is 1.68. The lowest BCUT2D eigenvalue weighted by atomic mass is 10.1. The molecule has 0 saturated carbocycles. The van der Waals surface area contributed by atoms with Gasteiger partial charge in [-0.2, -0.15) is 0 Å². The molecule has 27 heavy (non-hydrogen) atoms. The number of nitrogens with zero attached hydrogens (tertiary/aromatic N) is 3. The van der Waals surface area contributed by atoms with Crippen molar-refractivity contribution in [3.05, 3.63) is 65.9 Å². The molecule has 142 valence electrons. The highest BCUT2D eigenvalue weighted by Gasteiger charge is 2.09. The van der Waals surface area contributed by atoms with E-state index in [2.05, 4.69) is 15.5 Å². The Bertz CT molecular complexity index is 848. The van der Waals surface area contributed by atoms with E-state index in [-0.39, 0.29) is 5.91 Å². The zero-order chi connectivity index (χ0) is 18.9. The van der Waals surface area contributed by atoms with Gasteiger partial charge in [0.1, 0.15) is 12.1 Å². The number of hydrogen-bond donors (Lipinski definition) is 1. The van der Waals surface area contributed by atoms with E-state index in [1.165, 1.54) is 0 Å². The van der Waals surface area contributed by atoms with Crippen LogP contribution in [0.2, 0.25) is 0 Å². The first-order valence-electron chi connectivity index (χ1n) is 8.65. The summed E-state index contributed by atoms with van der Waals surface area (Å²) in [7, 11) is 1.69. The van der Waals surface area contributed by atoms with Gasteiger partial charge in [0, 0.05) is 31.6 Å². The largest absolute Gasteiger partial charge is 0.467 e. The molecule has 1 amide bonds. The molecule has 0 fully saturated rings. The Morgan fingerprint density at radius 1 is 1.33 bits per heavy atom. The number of aryl methyl sites for hydroxylation is 1. The number of rotatable bonds is 10. The average molecular weight is 386 g/mol. The lowest BCUT2D eigenvalue weighted by molar-refractivity contribution is 0.0948. The van der Waals surface area contributed by atoms with Gasteiger partial charge in [-0.15, -0.1) is 10.2 Å². The van der Waals surface area contributed by atoms with Crippen LogP contribution < -0.4 is 5.32 Å². The highest BCUT2D eigenvalue weighted by Crippen LogP contribution is 2.21. The first-order valence-corrected chi connectivity index (χ1v) is 9.64. The molecular weight excluding hydrogens is 364 g/mol. The maximum absolute atomic E-state index is 12.3. The molecule has 7 nitrogen and oxygen atoms in total. The maximum Gasteiger partial charge on any atom is 0.251 e. The second-order valence-electron chi connectivity index (χ2n) is 5.90. The second-order valence-corrected chi connectivity index (χ2v) is 6.85. The van der Waals surface area contributed by atoms with Gasteiger partial charge >= 0.3 is 0 Å². The van der Waals surface area contributed by atoms with E-state index in [1.807, 2.05) is 28.8 Å². The smallest absolute Gasteiger partial charge is 0.251 e. The first kappa shape index (κ1) is 19.2. The molecule has 3 rings (SSSR count). The summed E-state index contributed by atoms with van der Waals surface area (Å²) >= 11 is 1.60. The monoisotopic (exact) mass is 386 g/mol. The Balaban J connectivity index is 1.55. The fraction of sp³-hybridized carbons (Fsp3) is 0.316. The maximum atomic E-state index is 12.3. The quantitative estimate of drug-likeness (QED) is 0.426. The number of ether oxygens (including phenoxy) is 1. The van der Waals surface area contributed by atoms with E-state index >= 15 is 0 Å². The molecule has 0 atom stereocenters.